The van der Waals surface area contributed by atoms with Gasteiger partial charge in [-0.25, -0.2) is 13.5 Å². The van der Waals surface area contributed by atoms with Gasteiger partial charge in [0.25, 0.3) is 5.91 Å². The maximum Gasteiger partial charge on any atom is 0.252 e. The second kappa shape index (κ2) is 6.79. The average Bonchev–Trinajstić information content (AvgIpc) is 3.06. The molecule has 0 radical (unpaired) electrons. The van der Waals surface area contributed by atoms with E-state index in [0.29, 0.717) is 22.4 Å². The fraction of sp³-hybridized carbons (Fsp3) is 0.211. The first-order chi connectivity index (χ1) is 13.0. The Morgan fingerprint density at radius 1 is 1.22 bits per heavy atom. The van der Waals surface area contributed by atoms with Crippen LogP contribution < -0.4 is 10.0 Å². The second-order valence-corrected chi connectivity index (χ2v) is 6.45. The summed E-state index contributed by atoms with van der Waals surface area (Å²) >= 11 is 0. The van der Waals surface area contributed by atoms with E-state index in [9.17, 15) is 18.8 Å². The van der Waals surface area contributed by atoms with Gasteiger partial charge in [-0.05, 0) is 31.4 Å². The predicted octanol–water partition coefficient (Wildman–Crippen LogP) is 2.59. The van der Waals surface area contributed by atoms with E-state index in [1.165, 1.54) is 41.3 Å². The largest absolute Gasteiger partial charge is 0.619 e. The lowest BCUT2D eigenvalue weighted by molar-refractivity contribution is -0.605. The van der Waals surface area contributed by atoms with Gasteiger partial charge in [0.05, 0.1) is 23.5 Å². The average molecular weight is 370 g/mol. The molecule has 0 saturated carbocycles. The lowest BCUT2D eigenvalue weighted by Gasteiger charge is -2.24. The smallest absolute Gasteiger partial charge is 0.252 e. The van der Waals surface area contributed by atoms with Crippen molar-refractivity contribution in [3.05, 3.63) is 82.6 Å². The van der Waals surface area contributed by atoms with Crippen molar-refractivity contribution < 1.29 is 18.3 Å². The SMILES string of the molecule is O=C(N[C@@H]1CCCc2c1cnn2-c1cc(F)cc(F)c1)c1cc[n+]([O-])cc1. The van der Waals surface area contributed by atoms with Crippen LogP contribution >= 0.6 is 0 Å². The fourth-order valence-electron chi connectivity index (χ4n) is 3.40. The molecular formula is C19H16F2N4O2. The van der Waals surface area contributed by atoms with Crippen LogP contribution in [0.2, 0.25) is 0 Å². The maximum absolute atomic E-state index is 13.6. The van der Waals surface area contributed by atoms with Crippen molar-refractivity contribution >= 4 is 5.91 Å². The fourth-order valence-corrected chi connectivity index (χ4v) is 3.40. The Labute approximate surface area is 153 Å². The molecule has 1 N–H and O–H groups in total. The van der Waals surface area contributed by atoms with E-state index >= 15 is 0 Å². The molecule has 0 unspecified atom stereocenters. The highest BCUT2D eigenvalue weighted by atomic mass is 19.1. The Morgan fingerprint density at radius 3 is 2.63 bits per heavy atom. The van der Waals surface area contributed by atoms with E-state index in [1.54, 1.807) is 6.20 Å². The number of pyridine rings is 1. The van der Waals surface area contributed by atoms with Gasteiger partial charge in [-0.3, -0.25) is 4.79 Å². The minimum absolute atomic E-state index is 0.256. The zero-order valence-corrected chi connectivity index (χ0v) is 14.2. The third-order valence-corrected chi connectivity index (χ3v) is 4.64. The van der Waals surface area contributed by atoms with Crippen LogP contribution in [0.3, 0.4) is 0 Å². The first-order valence-corrected chi connectivity index (χ1v) is 8.54. The molecule has 0 saturated heterocycles. The lowest BCUT2D eigenvalue weighted by atomic mass is 9.92. The summed E-state index contributed by atoms with van der Waals surface area (Å²) in [5, 5.41) is 18.3. The summed E-state index contributed by atoms with van der Waals surface area (Å²) in [6.45, 7) is 0. The van der Waals surface area contributed by atoms with E-state index in [2.05, 4.69) is 10.4 Å². The van der Waals surface area contributed by atoms with Gasteiger partial charge in [-0.15, -0.1) is 0 Å². The van der Waals surface area contributed by atoms with Crippen molar-refractivity contribution in [2.24, 2.45) is 0 Å². The highest BCUT2D eigenvalue weighted by molar-refractivity contribution is 5.94. The van der Waals surface area contributed by atoms with Gasteiger partial charge in [0.1, 0.15) is 11.6 Å². The van der Waals surface area contributed by atoms with E-state index < -0.39 is 11.6 Å². The van der Waals surface area contributed by atoms with Crippen molar-refractivity contribution in [3.8, 4) is 5.69 Å². The van der Waals surface area contributed by atoms with E-state index in [4.69, 9.17) is 0 Å². The summed E-state index contributed by atoms with van der Waals surface area (Å²) in [6, 6.07) is 5.90. The number of fused-ring (bicyclic) bond motifs is 1. The number of amides is 1. The topological polar surface area (TPSA) is 73.9 Å². The van der Waals surface area contributed by atoms with Gasteiger partial charge in [-0.1, -0.05) is 0 Å². The molecule has 6 nitrogen and oxygen atoms in total. The Balaban J connectivity index is 1.62. The number of hydrogen-bond donors (Lipinski definition) is 1. The lowest BCUT2D eigenvalue weighted by Crippen LogP contribution is -2.32. The van der Waals surface area contributed by atoms with Gasteiger partial charge >= 0.3 is 0 Å². The van der Waals surface area contributed by atoms with Crippen molar-refractivity contribution in [1.82, 2.24) is 15.1 Å². The molecule has 4 rings (SSSR count). The molecule has 0 fully saturated rings. The molecule has 1 aliphatic rings. The van der Waals surface area contributed by atoms with Gasteiger partial charge in [0.2, 0.25) is 0 Å². The number of halogens is 2. The molecule has 0 spiro atoms. The molecule has 3 aromatic rings. The number of benzene rings is 1. The van der Waals surface area contributed by atoms with E-state index in [1.807, 2.05) is 0 Å². The summed E-state index contributed by atoms with van der Waals surface area (Å²) in [5.41, 5.74) is 2.34. The quantitative estimate of drug-likeness (QED) is 0.569. The van der Waals surface area contributed by atoms with Crippen molar-refractivity contribution in [2.75, 3.05) is 0 Å². The van der Waals surface area contributed by atoms with Gasteiger partial charge < -0.3 is 10.5 Å². The number of carbonyl (C=O) groups is 1. The summed E-state index contributed by atoms with van der Waals surface area (Å²) in [7, 11) is 0. The molecule has 27 heavy (non-hydrogen) atoms. The zero-order chi connectivity index (χ0) is 19.0. The van der Waals surface area contributed by atoms with Crippen LogP contribution in [-0.4, -0.2) is 15.7 Å². The molecule has 2 heterocycles. The van der Waals surface area contributed by atoms with Crippen LogP contribution in [0, 0.1) is 16.8 Å². The predicted molar refractivity (Wildman–Crippen MR) is 92.0 cm³/mol. The molecule has 8 heteroatoms. The molecule has 1 atom stereocenters. The van der Waals surface area contributed by atoms with Gasteiger partial charge in [0.15, 0.2) is 12.4 Å². The minimum Gasteiger partial charge on any atom is -0.619 e. The normalized spacial score (nSPS) is 16.0. The minimum atomic E-state index is -0.672. The Morgan fingerprint density at radius 2 is 1.93 bits per heavy atom. The number of aromatic nitrogens is 3. The number of rotatable bonds is 3. The highest BCUT2D eigenvalue weighted by Crippen LogP contribution is 2.31. The summed E-state index contributed by atoms with van der Waals surface area (Å²) in [6.07, 6.45) is 6.38. The van der Waals surface area contributed by atoms with Crippen LogP contribution in [0.1, 0.15) is 40.5 Å². The molecule has 1 amide bonds. The Bertz CT molecular complexity index is 981. The summed E-state index contributed by atoms with van der Waals surface area (Å²) in [5.74, 6) is -1.64. The first kappa shape index (κ1) is 17.1. The van der Waals surface area contributed by atoms with Crippen LogP contribution in [0.5, 0.6) is 0 Å². The van der Waals surface area contributed by atoms with E-state index in [-0.39, 0.29) is 11.9 Å². The molecule has 2 aromatic heterocycles. The standard InChI is InChI=1S/C19H16F2N4O2/c20-13-8-14(21)10-15(9-13)25-18-3-1-2-17(16(18)11-22-25)23-19(26)12-4-6-24(27)7-5-12/h4-11,17H,1-3H2,(H,23,26)/t17-/m1/s1. The third kappa shape index (κ3) is 3.38. The number of carbonyl (C=O) groups excluding carboxylic acids is 1. The Kier molecular flexibility index (Phi) is 4.31. The number of hydrogen-bond acceptors (Lipinski definition) is 3. The van der Waals surface area contributed by atoms with Crippen LogP contribution in [-0.2, 0) is 6.42 Å². The van der Waals surface area contributed by atoms with Crippen LogP contribution in [0.25, 0.3) is 5.69 Å². The van der Waals surface area contributed by atoms with E-state index in [0.717, 1.165) is 30.2 Å². The molecular weight excluding hydrogens is 354 g/mol. The number of nitrogens with zero attached hydrogens (tertiary/aromatic N) is 3. The molecule has 1 aromatic carbocycles. The van der Waals surface area contributed by atoms with Gasteiger partial charge in [-0.2, -0.15) is 9.83 Å². The second-order valence-electron chi connectivity index (χ2n) is 6.45. The van der Waals surface area contributed by atoms with Crippen molar-refractivity contribution in [1.29, 1.82) is 0 Å². The maximum atomic E-state index is 13.6. The molecule has 0 aliphatic heterocycles. The summed E-state index contributed by atoms with van der Waals surface area (Å²) < 4.78 is 29.2. The van der Waals surface area contributed by atoms with Crippen LogP contribution in [0.15, 0.2) is 48.9 Å². The molecule has 0 bridgehead atoms. The molecule has 138 valence electrons. The molecule has 1 aliphatic carbocycles. The van der Waals surface area contributed by atoms with Crippen molar-refractivity contribution in [2.45, 2.75) is 25.3 Å². The summed E-state index contributed by atoms with van der Waals surface area (Å²) in [4.78, 5) is 12.5. The van der Waals surface area contributed by atoms with Crippen molar-refractivity contribution in [3.63, 3.8) is 0 Å². The third-order valence-electron chi connectivity index (χ3n) is 4.64. The highest BCUT2D eigenvalue weighted by Gasteiger charge is 2.26. The first-order valence-electron chi connectivity index (χ1n) is 8.54. The Hall–Kier alpha value is -3.29. The number of nitrogens with one attached hydrogen (secondary N) is 1. The zero-order valence-electron chi connectivity index (χ0n) is 14.2. The monoisotopic (exact) mass is 370 g/mol. The van der Waals surface area contributed by atoms with Crippen LogP contribution in [0.4, 0.5) is 8.78 Å². The van der Waals surface area contributed by atoms with Gasteiger partial charge in [0, 0.05) is 29.5 Å².